The van der Waals surface area contributed by atoms with Crippen molar-refractivity contribution >= 4 is 34.0 Å². The topological polar surface area (TPSA) is 96.5 Å². The van der Waals surface area contributed by atoms with E-state index in [1.54, 1.807) is 17.5 Å². The summed E-state index contributed by atoms with van der Waals surface area (Å²) < 4.78 is 1.83. The Labute approximate surface area is 177 Å². The molecule has 29 heavy (non-hydrogen) atoms. The van der Waals surface area contributed by atoms with Gasteiger partial charge in [0.2, 0.25) is 5.91 Å². The van der Waals surface area contributed by atoms with Crippen molar-refractivity contribution in [1.29, 1.82) is 5.26 Å². The highest BCUT2D eigenvalue weighted by Crippen LogP contribution is 2.37. The summed E-state index contributed by atoms with van der Waals surface area (Å²) in [5.41, 5.74) is 2.50. The Morgan fingerprint density at radius 1 is 1.31 bits per heavy atom. The van der Waals surface area contributed by atoms with E-state index in [1.807, 2.05) is 29.8 Å². The van der Waals surface area contributed by atoms with Crippen LogP contribution in [0.3, 0.4) is 0 Å². The zero-order valence-electron chi connectivity index (χ0n) is 16.0. The first-order valence-corrected chi connectivity index (χ1v) is 11.3. The van der Waals surface area contributed by atoms with Crippen molar-refractivity contribution in [2.45, 2.75) is 37.3 Å². The number of hydrogen-bond acceptors (Lipinski definition) is 7. The van der Waals surface area contributed by atoms with Crippen LogP contribution in [-0.2, 0) is 24.7 Å². The number of carbonyl (C=O) groups is 1. The average molecular weight is 425 g/mol. The van der Waals surface area contributed by atoms with Crippen molar-refractivity contribution in [2.24, 2.45) is 7.05 Å². The minimum atomic E-state index is -0.148. The molecule has 0 aromatic carbocycles. The minimum absolute atomic E-state index is 0.148. The highest BCUT2D eigenvalue weighted by molar-refractivity contribution is 7.99. The Balaban J connectivity index is 1.43. The van der Waals surface area contributed by atoms with Gasteiger partial charge in [0.25, 0.3) is 0 Å². The second-order valence-electron chi connectivity index (χ2n) is 6.80. The van der Waals surface area contributed by atoms with E-state index >= 15 is 0 Å². The number of carbonyl (C=O) groups excluding carboxylic acids is 1. The van der Waals surface area contributed by atoms with Gasteiger partial charge in [-0.05, 0) is 43.4 Å². The number of aryl methyl sites for hydroxylation is 1. The number of aromatic nitrogens is 4. The predicted octanol–water partition coefficient (Wildman–Crippen LogP) is 3.81. The van der Waals surface area contributed by atoms with Crippen molar-refractivity contribution in [2.75, 3.05) is 11.1 Å². The predicted molar refractivity (Wildman–Crippen MR) is 114 cm³/mol. The van der Waals surface area contributed by atoms with Crippen LogP contribution in [0.4, 0.5) is 5.00 Å². The van der Waals surface area contributed by atoms with E-state index in [-0.39, 0.29) is 11.7 Å². The molecule has 3 aromatic rings. The summed E-state index contributed by atoms with van der Waals surface area (Å²) in [5.74, 6) is 0.703. The lowest BCUT2D eigenvalue weighted by Crippen LogP contribution is -2.14. The summed E-state index contributed by atoms with van der Waals surface area (Å²) in [6.45, 7) is 0. The maximum atomic E-state index is 12.5. The molecule has 4 rings (SSSR count). The molecule has 3 heterocycles. The number of thioether (sulfide) groups is 1. The highest BCUT2D eigenvalue weighted by Gasteiger charge is 2.21. The zero-order chi connectivity index (χ0) is 20.2. The average Bonchev–Trinajstić information content (AvgIpc) is 3.17. The van der Waals surface area contributed by atoms with E-state index in [9.17, 15) is 10.1 Å². The molecule has 9 heteroatoms. The third kappa shape index (κ3) is 4.18. The fraction of sp³-hybridized carbons (Fsp3) is 0.350. The van der Waals surface area contributed by atoms with Crippen molar-refractivity contribution < 1.29 is 4.79 Å². The van der Waals surface area contributed by atoms with Crippen LogP contribution in [0.2, 0.25) is 0 Å². The number of pyridine rings is 1. The zero-order valence-corrected chi connectivity index (χ0v) is 17.6. The van der Waals surface area contributed by atoms with Gasteiger partial charge in [0.1, 0.15) is 16.8 Å². The number of fused-ring (bicyclic) bond motifs is 1. The quantitative estimate of drug-likeness (QED) is 0.494. The lowest BCUT2D eigenvalue weighted by molar-refractivity contribution is -0.113. The van der Waals surface area contributed by atoms with Gasteiger partial charge in [0.05, 0.1) is 11.3 Å². The molecule has 1 aliphatic rings. The van der Waals surface area contributed by atoms with Crippen LogP contribution in [0.15, 0.2) is 29.6 Å². The number of nitriles is 1. The van der Waals surface area contributed by atoms with Crippen molar-refractivity contribution in [3.63, 3.8) is 0 Å². The largest absolute Gasteiger partial charge is 0.316 e. The molecule has 1 N–H and O–H groups in total. The second kappa shape index (κ2) is 8.76. The van der Waals surface area contributed by atoms with Crippen molar-refractivity contribution in [3.05, 3.63) is 40.4 Å². The molecule has 0 bridgehead atoms. The Morgan fingerprint density at radius 2 is 2.17 bits per heavy atom. The van der Waals surface area contributed by atoms with E-state index in [2.05, 4.69) is 26.6 Å². The molecular formula is C20H20N6OS2. The van der Waals surface area contributed by atoms with Gasteiger partial charge >= 0.3 is 0 Å². The third-order valence-electron chi connectivity index (χ3n) is 4.85. The number of nitrogens with zero attached hydrogens (tertiary/aromatic N) is 5. The maximum Gasteiger partial charge on any atom is 0.235 e. The third-order valence-corrected chi connectivity index (χ3v) is 7.07. The molecule has 0 radical (unpaired) electrons. The molecule has 7 nitrogen and oxygen atoms in total. The number of hydrogen-bond donors (Lipinski definition) is 1. The van der Waals surface area contributed by atoms with Crippen LogP contribution < -0.4 is 5.32 Å². The van der Waals surface area contributed by atoms with Crippen LogP contribution in [0.25, 0.3) is 11.5 Å². The van der Waals surface area contributed by atoms with E-state index in [0.29, 0.717) is 21.5 Å². The van der Waals surface area contributed by atoms with Gasteiger partial charge < -0.3 is 9.88 Å². The van der Waals surface area contributed by atoms with Gasteiger partial charge in [-0.2, -0.15) is 5.26 Å². The molecule has 0 aliphatic heterocycles. The van der Waals surface area contributed by atoms with E-state index in [1.165, 1.54) is 23.1 Å². The van der Waals surface area contributed by atoms with E-state index in [0.717, 1.165) is 36.9 Å². The normalized spacial score (nSPS) is 13.4. The smallest absolute Gasteiger partial charge is 0.235 e. The monoisotopic (exact) mass is 424 g/mol. The second-order valence-corrected chi connectivity index (χ2v) is 8.85. The molecule has 0 atom stereocenters. The molecule has 0 saturated heterocycles. The van der Waals surface area contributed by atoms with Crippen LogP contribution >= 0.6 is 23.1 Å². The highest BCUT2D eigenvalue weighted by atomic mass is 32.2. The number of anilines is 1. The van der Waals surface area contributed by atoms with Crippen LogP contribution in [0, 0.1) is 11.3 Å². The summed E-state index contributed by atoms with van der Waals surface area (Å²) in [6.07, 6.45) is 7.07. The Morgan fingerprint density at radius 3 is 2.97 bits per heavy atom. The first-order chi connectivity index (χ1) is 14.2. The molecule has 3 aromatic heterocycles. The number of rotatable bonds is 5. The molecule has 0 spiro atoms. The summed E-state index contributed by atoms with van der Waals surface area (Å²) in [6, 6.07) is 7.91. The molecule has 148 valence electrons. The maximum absolute atomic E-state index is 12.5. The van der Waals surface area contributed by atoms with Gasteiger partial charge in [-0.1, -0.05) is 24.2 Å². The standard InChI is InChI=1S/C20H20N6OS2/c1-26-18(15-8-5-6-10-22-15)24-25-20(26)28-12-17(27)23-19-14(11-21)13-7-3-2-4-9-16(13)29-19/h5-6,8,10H,2-4,7,9,12H2,1H3,(H,23,27). The number of thiophene rings is 1. The lowest BCUT2D eigenvalue weighted by Gasteiger charge is -2.05. The Kier molecular flexibility index (Phi) is 5.92. The summed E-state index contributed by atoms with van der Waals surface area (Å²) in [7, 11) is 1.86. The van der Waals surface area contributed by atoms with Gasteiger partial charge in [-0.25, -0.2) is 0 Å². The van der Waals surface area contributed by atoms with Crippen molar-refractivity contribution in [3.8, 4) is 17.6 Å². The van der Waals surface area contributed by atoms with Gasteiger partial charge in [0, 0.05) is 18.1 Å². The van der Waals surface area contributed by atoms with E-state index < -0.39 is 0 Å². The lowest BCUT2D eigenvalue weighted by atomic mass is 10.1. The van der Waals surface area contributed by atoms with Crippen molar-refractivity contribution in [1.82, 2.24) is 19.7 Å². The molecule has 1 aliphatic carbocycles. The van der Waals surface area contributed by atoms with Crippen LogP contribution in [0.1, 0.15) is 35.3 Å². The fourth-order valence-electron chi connectivity index (χ4n) is 3.40. The fourth-order valence-corrected chi connectivity index (χ4v) is 5.37. The van der Waals surface area contributed by atoms with Crippen LogP contribution in [0.5, 0.6) is 0 Å². The Hall–Kier alpha value is -2.70. The molecule has 0 fully saturated rings. The number of nitrogens with one attached hydrogen (secondary N) is 1. The minimum Gasteiger partial charge on any atom is -0.316 e. The summed E-state index contributed by atoms with van der Waals surface area (Å²) >= 11 is 2.86. The van der Waals surface area contributed by atoms with Crippen LogP contribution in [-0.4, -0.2) is 31.4 Å². The first-order valence-electron chi connectivity index (χ1n) is 9.45. The Bertz CT molecular complexity index is 1070. The molecule has 0 saturated carbocycles. The van der Waals surface area contributed by atoms with Gasteiger partial charge in [-0.3, -0.25) is 9.78 Å². The van der Waals surface area contributed by atoms with E-state index in [4.69, 9.17) is 0 Å². The molecular weight excluding hydrogens is 404 g/mol. The van der Waals surface area contributed by atoms with Gasteiger partial charge in [-0.15, -0.1) is 21.5 Å². The summed E-state index contributed by atoms with van der Waals surface area (Å²) in [4.78, 5) is 18.1. The summed E-state index contributed by atoms with van der Waals surface area (Å²) in [5, 5.41) is 22.2. The first kappa shape index (κ1) is 19.6. The molecule has 0 unspecified atom stereocenters. The SMILES string of the molecule is Cn1c(SCC(=O)Nc2sc3c(c2C#N)CCCCC3)nnc1-c1ccccn1. The van der Waals surface area contributed by atoms with Gasteiger partial charge in [0.15, 0.2) is 11.0 Å². The number of amides is 1. The molecule has 1 amide bonds.